The number of halogens is 1. The summed E-state index contributed by atoms with van der Waals surface area (Å²) in [7, 11) is 0. The zero-order chi connectivity index (χ0) is 19.5. The monoisotopic (exact) mass is 434 g/mol. The summed E-state index contributed by atoms with van der Waals surface area (Å²) in [5, 5.41) is 14.0. The molecule has 0 radical (unpaired) electrons. The molecule has 142 valence electrons. The van der Waals surface area contributed by atoms with E-state index in [-0.39, 0.29) is 12.2 Å². The molecule has 3 aromatic rings. The SMILES string of the molecule is CCc1ccc(C2=N[C@H](c3ccc(Br)cc3)N[C@@H](c3ccccc3O)C2)cc1. The highest BCUT2D eigenvalue weighted by Gasteiger charge is 2.27. The maximum atomic E-state index is 10.4. The van der Waals surface area contributed by atoms with Crippen molar-refractivity contribution in [3.8, 4) is 5.75 Å². The molecule has 4 heteroatoms. The number of aryl methyl sites for hydroxylation is 1. The van der Waals surface area contributed by atoms with E-state index in [0.717, 1.165) is 39.7 Å². The third-order valence-electron chi connectivity index (χ3n) is 5.23. The molecular formula is C24H23BrN2O. The summed E-state index contributed by atoms with van der Waals surface area (Å²) in [5.41, 5.74) is 5.52. The number of aliphatic imine (C=N–C) groups is 1. The lowest BCUT2D eigenvalue weighted by atomic mass is 9.93. The van der Waals surface area contributed by atoms with Crippen LogP contribution >= 0.6 is 15.9 Å². The van der Waals surface area contributed by atoms with Crippen molar-refractivity contribution < 1.29 is 5.11 Å². The summed E-state index contributed by atoms with van der Waals surface area (Å²) in [6.45, 7) is 2.16. The van der Waals surface area contributed by atoms with Gasteiger partial charge < -0.3 is 5.11 Å². The molecule has 0 saturated carbocycles. The molecule has 0 bridgehead atoms. The fourth-order valence-electron chi connectivity index (χ4n) is 3.61. The van der Waals surface area contributed by atoms with Gasteiger partial charge in [-0.2, -0.15) is 0 Å². The number of benzene rings is 3. The van der Waals surface area contributed by atoms with E-state index in [1.54, 1.807) is 6.07 Å². The first-order valence-electron chi connectivity index (χ1n) is 9.59. The third kappa shape index (κ3) is 4.03. The van der Waals surface area contributed by atoms with Gasteiger partial charge in [0.15, 0.2) is 0 Å². The molecule has 0 aliphatic carbocycles. The molecule has 1 aliphatic heterocycles. The van der Waals surface area contributed by atoms with Gasteiger partial charge in [0.2, 0.25) is 0 Å². The van der Waals surface area contributed by atoms with Gasteiger partial charge >= 0.3 is 0 Å². The van der Waals surface area contributed by atoms with Gasteiger partial charge in [-0.3, -0.25) is 10.3 Å². The number of rotatable bonds is 4. The summed E-state index contributed by atoms with van der Waals surface area (Å²) in [4.78, 5) is 5.02. The van der Waals surface area contributed by atoms with Crippen LogP contribution in [0.25, 0.3) is 0 Å². The molecule has 3 aromatic carbocycles. The Bertz CT molecular complexity index is 980. The van der Waals surface area contributed by atoms with Gasteiger partial charge in [-0.15, -0.1) is 0 Å². The van der Waals surface area contributed by atoms with Crippen molar-refractivity contribution in [3.63, 3.8) is 0 Å². The van der Waals surface area contributed by atoms with Crippen LogP contribution in [0.2, 0.25) is 0 Å². The molecule has 1 heterocycles. The Balaban J connectivity index is 1.73. The zero-order valence-electron chi connectivity index (χ0n) is 15.8. The third-order valence-corrected chi connectivity index (χ3v) is 5.76. The van der Waals surface area contributed by atoms with Crippen LogP contribution in [0.15, 0.2) is 82.3 Å². The van der Waals surface area contributed by atoms with Crippen LogP contribution in [0.3, 0.4) is 0 Å². The largest absolute Gasteiger partial charge is 0.508 e. The molecule has 28 heavy (non-hydrogen) atoms. The smallest absolute Gasteiger partial charge is 0.126 e. The normalized spacial score (nSPS) is 19.3. The molecule has 2 atom stereocenters. The van der Waals surface area contributed by atoms with E-state index in [2.05, 4.69) is 64.6 Å². The number of phenols is 1. The van der Waals surface area contributed by atoms with Gasteiger partial charge in [0, 0.05) is 28.2 Å². The molecular weight excluding hydrogens is 412 g/mol. The summed E-state index contributed by atoms with van der Waals surface area (Å²) in [6, 6.07) is 24.4. The van der Waals surface area contributed by atoms with Gasteiger partial charge in [-0.25, -0.2) is 0 Å². The maximum Gasteiger partial charge on any atom is 0.126 e. The Morgan fingerprint density at radius 1 is 1.00 bits per heavy atom. The van der Waals surface area contributed by atoms with Crippen LogP contribution in [0.1, 0.15) is 47.8 Å². The van der Waals surface area contributed by atoms with Gasteiger partial charge in [-0.05, 0) is 41.3 Å². The number of phenolic OH excluding ortho intramolecular Hbond substituents is 1. The molecule has 2 N–H and O–H groups in total. The Labute approximate surface area is 174 Å². The average molecular weight is 435 g/mol. The van der Waals surface area contributed by atoms with Gasteiger partial charge in [0.1, 0.15) is 11.9 Å². The quantitative estimate of drug-likeness (QED) is 0.533. The highest BCUT2D eigenvalue weighted by Crippen LogP contribution is 2.34. The van der Waals surface area contributed by atoms with Crippen molar-refractivity contribution in [1.29, 1.82) is 0 Å². The van der Waals surface area contributed by atoms with E-state index in [1.165, 1.54) is 5.56 Å². The molecule has 0 aromatic heterocycles. The van der Waals surface area contributed by atoms with Crippen LogP contribution in [-0.4, -0.2) is 10.8 Å². The van der Waals surface area contributed by atoms with Crippen LogP contribution < -0.4 is 5.32 Å². The standard InChI is InChI=1S/C24H23BrN2O/c1-2-16-7-9-17(10-8-16)21-15-22(20-5-3-4-6-23(20)28)27-24(26-21)18-11-13-19(25)14-12-18/h3-14,22,24,27-28H,2,15H2,1H3/t22-,24+/m1/s1. The molecule has 0 fully saturated rings. The molecule has 0 saturated heterocycles. The molecule has 0 unspecified atom stereocenters. The average Bonchev–Trinajstić information content (AvgIpc) is 2.74. The van der Waals surface area contributed by atoms with Crippen molar-refractivity contribution >= 4 is 21.6 Å². The van der Waals surface area contributed by atoms with E-state index in [4.69, 9.17) is 4.99 Å². The van der Waals surface area contributed by atoms with Gasteiger partial charge in [0.05, 0.1) is 0 Å². The first-order chi connectivity index (χ1) is 13.6. The summed E-state index contributed by atoms with van der Waals surface area (Å²) < 4.78 is 1.05. The van der Waals surface area contributed by atoms with E-state index < -0.39 is 0 Å². The predicted octanol–water partition coefficient (Wildman–Crippen LogP) is 5.94. The number of nitrogens with one attached hydrogen (secondary N) is 1. The summed E-state index contributed by atoms with van der Waals surface area (Å²) in [6.07, 6.45) is 1.60. The fourth-order valence-corrected chi connectivity index (χ4v) is 3.88. The van der Waals surface area contributed by atoms with Crippen LogP contribution in [0.5, 0.6) is 5.75 Å². The molecule has 0 spiro atoms. The lowest BCUT2D eigenvalue weighted by molar-refractivity contribution is 0.412. The highest BCUT2D eigenvalue weighted by atomic mass is 79.9. The predicted molar refractivity (Wildman–Crippen MR) is 118 cm³/mol. The number of hydrogen-bond acceptors (Lipinski definition) is 3. The molecule has 3 nitrogen and oxygen atoms in total. The Kier molecular flexibility index (Phi) is 5.60. The number of para-hydroxylation sites is 1. The molecule has 4 rings (SSSR count). The first kappa shape index (κ1) is 18.9. The van der Waals surface area contributed by atoms with Crippen molar-refractivity contribution in [3.05, 3.63) is 99.5 Å². The van der Waals surface area contributed by atoms with Gasteiger partial charge in [-0.1, -0.05) is 77.5 Å². The lowest BCUT2D eigenvalue weighted by Crippen LogP contribution is -2.33. The van der Waals surface area contributed by atoms with Crippen LogP contribution in [0.4, 0.5) is 0 Å². The summed E-state index contributed by atoms with van der Waals surface area (Å²) in [5.74, 6) is 0.317. The lowest BCUT2D eigenvalue weighted by Gasteiger charge is -2.31. The second-order valence-electron chi connectivity index (χ2n) is 7.06. The second-order valence-corrected chi connectivity index (χ2v) is 7.98. The minimum atomic E-state index is -0.160. The van der Waals surface area contributed by atoms with E-state index >= 15 is 0 Å². The van der Waals surface area contributed by atoms with Crippen molar-refractivity contribution in [2.24, 2.45) is 4.99 Å². The van der Waals surface area contributed by atoms with E-state index in [1.807, 2.05) is 30.3 Å². The Morgan fingerprint density at radius 2 is 1.71 bits per heavy atom. The number of aromatic hydroxyl groups is 1. The zero-order valence-corrected chi connectivity index (χ0v) is 17.4. The minimum Gasteiger partial charge on any atom is -0.508 e. The van der Waals surface area contributed by atoms with Gasteiger partial charge in [0.25, 0.3) is 0 Å². The number of nitrogens with zero attached hydrogens (tertiary/aromatic N) is 1. The number of hydrogen-bond donors (Lipinski definition) is 2. The highest BCUT2D eigenvalue weighted by molar-refractivity contribution is 9.10. The Hall–Kier alpha value is -2.43. The molecule has 0 amide bonds. The molecule has 1 aliphatic rings. The Morgan fingerprint density at radius 3 is 2.39 bits per heavy atom. The van der Waals surface area contributed by atoms with Crippen LogP contribution in [0, 0.1) is 0 Å². The maximum absolute atomic E-state index is 10.4. The van der Waals surface area contributed by atoms with Crippen LogP contribution in [-0.2, 0) is 6.42 Å². The second kappa shape index (κ2) is 8.29. The topological polar surface area (TPSA) is 44.6 Å². The van der Waals surface area contributed by atoms with Crippen molar-refractivity contribution in [1.82, 2.24) is 5.32 Å². The van der Waals surface area contributed by atoms with E-state index in [9.17, 15) is 5.11 Å². The summed E-state index contributed by atoms with van der Waals surface area (Å²) >= 11 is 3.50. The van der Waals surface area contributed by atoms with E-state index in [0.29, 0.717) is 5.75 Å². The fraction of sp³-hybridized carbons (Fsp3) is 0.208. The van der Waals surface area contributed by atoms with Crippen molar-refractivity contribution in [2.75, 3.05) is 0 Å². The minimum absolute atomic E-state index is 0.00630. The first-order valence-corrected chi connectivity index (χ1v) is 10.4. The van der Waals surface area contributed by atoms with Crippen molar-refractivity contribution in [2.45, 2.75) is 32.0 Å².